The minimum absolute atomic E-state index is 0.155. The molecule has 5 heteroatoms. The van der Waals surface area contributed by atoms with Gasteiger partial charge in [0.1, 0.15) is 6.04 Å². The van der Waals surface area contributed by atoms with E-state index in [1.807, 2.05) is 26.8 Å². The van der Waals surface area contributed by atoms with Crippen LogP contribution < -0.4 is 0 Å². The van der Waals surface area contributed by atoms with Crippen LogP contribution in [0.15, 0.2) is 6.07 Å². The molecule has 1 aromatic rings. The maximum absolute atomic E-state index is 12.5. The van der Waals surface area contributed by atoms with Crippen molar-refractivity contribution in [3.8, 4) is 0 Å². The zero-order valence-corrected chi connectivity index (χ0v) is 11.6. The lowest BCUT2D eigenvalue weighted by Gasteiger charge is -2.21. The second-order valence-electron chi connectivity index (χ2n) is 5.02. The highest BCUT2D eigenvalue weighted by molar-refractivity contribution is 5.98. The van der Waals surface area contributed by atoms with Crippen molar-refractivity contribution < 1.29 is 14.7 Å². The Morgan fingerprint density at radius 1 is 1.42 bits per heavy atom. The molecule has 2 rings (SSSR count). The molecule has 1 saturated heterocycles. The maximum atomic E-state index is 12.5. The SMILES string of the molecule is CCn1c(C)cc(C(=O)N2CCC[C@@H]2C(=O)O)c1C. The van der Waals surface area contributed by atoms with Crippen molar-refractivity contribution in [3.05, 3.63) is 23.0 Å². The van der Waals surface area contributed by atoms with Crippen molar-refractivity contribution in [1.82, 2.24) is 9.47 Å². The number of hydrogen-bond donors (Lipinski definition) is 1. The summed E-state index contributed by atoms with van der Waals surface area (Å²) in [7, 11) is 0. The summed E-state index contributed by atoms with van der Waals surface area (Å²) in [6, 6.07) is 1.19. The van der Waals surface area contributed by atoms with E-state index in [4.69, 9.17) is 5.11 Å². The summed E-state index contributed by atoms with van der Waals surface area (Å²) in [5.74, 6) is -1.06. The number of hydrogen-bond acceptors (Lipinski definition) is 2. The van der Waals surface area contributed by atoms with Crippen LogP contribution in [0.4, 0.5) is 0 Å². The predicted octanol–water partition coefficient (Wildman–Crippen LogP) is 1.81. The summed E-state index contributed by atoms with van der Waals surface area (Å²) in [5, 5.41) is 9.16. The van der Waals surface area contributed by atoms with Crippen LogP contribution in [-0.4, -0.2) is 39.0 Å². The molecular formula is C14H20N2O3. The van der Waals surface area contributed by atoms with Gasteiger partial charge in [-0.3, -0.25) is 4.79 Å². The fourth-order valence-electron chi connectivity index (χ4n) is 2.93. The number of carboxylic acids is 1. The van der Waals surface area contributed by atoms with Gasteiger partial charge in [0.25, 0.3) is 5.91 Å². The third-order valence-electron chi connectivity index (χ3n) is 3.92. The van der Waals surface area contributed by atoms with Crippen LogP contribution in [0.5, 0.6) is 0 Å². The second kappa shape index (κ2) is 5.07. The van der Waals surface area contributed by atoms with Gasteiger partial charge in [-0.05, 0) is 39.7 Å². The first kappa shape index (κ1) is 13.6. The topological polar surface area (TPSA) is 62.5 Å². The Bertz CT molecular complexity index is 519. The van der Waals surface area contributed by atoms with Crippen molar-refractivity contribution >= 4 is 11.9 Å². The molecule has 1 fully saturated rings. The standard InChI is InChI=1S/C14H20N2O3/c1-4-15-9(2)8-11(10(15)3)13(17)16-7-5-6-12(16)14(18)19/h8,12H,4-7H2,1-3H3,(H,18,19)/t12-/m1/s1. The highest BCUT2D eigenvalue weighted by Crippen LogP contribution is 2.23. The number of amides is 1. The van der Waals surface area contributed by atoms with Crippen molar-refractivity contribution in [3.63, 3.8) is 0 Å². The number of rotatable bonds is 3. The predicted molar refractivity (Wildman–Crippen MR) is 71.3 cm³/mol. The Hall–Kier alpha value is -1.78. The number of aromatic nitrogens is 1. The number of aryl methyl sites for hydroxylation is 1. The van der Waals surface area contributed by atoms with Crippen LogP contribution in [0.3, 0.4) is 0 Å². The molecule has 1 atom stereocenters. The molecule has 0 unspecified atom stereocenters. The maximum Gasteiger partial charge on any atom is 0.326 e. The largest absolute Gasteiger partial charge is 0.480 e. The average Bonchev–Trinajstić information content (AvgIpc) is 2.93. The fourth-order valence-corrected chi connectivity index (χ4v) is 2.93. The minimum atomic E-state index is -0.907. The van der Waals surface area contributed by atoms with Gasteiger partial charge < -0.3 is 14.6 Å². The molecule has 19 heavy (non-hydrogen) atoms. The van der Waals surface area contributed by atoms with Gasteiger partial charge in [-0.15, -0.1) is 0 Å². The molecule has 5 nitrogen and oxygen atoms in total. The smallest absolute Gasteiger partial charge is 0.326 e. The first-order valence-electron chi connectivity index (χ1n) is 6.67. The first-order valence-corrected chi connectivity index (χ1v) is 6.67. The number of carbonyl (C=O) groups is 2. The van der Waals surface area contributed by atoms with E-state index in [0.717, 1.165) is 24.4 Å². The molecule has 104 valence electrons. The first-order chi connectivity index (χ1) is 8.97. The van der Waals surface area contributed by atoms with Crippen LogP contribution in [0.2, 0.25) is 0 Å². The van der Waals surface area contributed by atoms with Gasteiger partial charge in [0.15, 0.2) is 0 Å². The Balaban J connectivity index is 2.32. The zero-order chi connectivity index (χ0) is 14.2. The third kappa shape index (κ3) is 2.25. The Labute approximate surface area is 112 Å². The molecule has 1 aliphatic rings. The Kier molecular flexibility index (Phi) is 3.64. The Morgan fingerprint density at radius 3 is 2.63 bits per heavy atom. The summed E-state index contributed by atoms with van der Waals surface area (Å²) in [5.41, 5.74) is 2.59. The molecule has 0 spiro atoms. The number of carboxylic acid groups (broad SMARTS) is 1. The van der Waals surface area contributed by atoms with Crippen LogP contribution in [0, 0.1) is 13.8 Å². The highest BCUT2D eigenvalue weighted by atomic mass is 16.4. The summed E-state index contributed by atoms with van der Waals surface area (Å²) >= 11 is 0. The van der Waals surface area contributed by atoms with E-state index < -0.39 is 12.0 Å². The molecule has 0 bridgehead atoms. The van der Waals surface area contributed by atoms with Gasteiger partial charge in [0, 0.05) is 24.5 Å². The van der Waals surface area contributed by atoms with Gasteiger partial charge in [0.05, 0.1) is 5.56 Å². The van der Waals surface area contributed by atoms with E-state index in [9.17, 15) is 9.59 Å². The van der Waals surface area contributed by atoms with E-state index in [0.29, 0.717) is 18.5 Å². The van der Waals surface area contributed by atoms with E-state index in [1.165, 1.54) is 4.90 Å². The van der Waals surface area contributed by atoms with Crippen molar-refractivity contribution in [1.29, 1.82) is 0 Å². The van der Waals surface area contributed by atoms with Gasteiger partial charge in [-0.1, -0.05) is 0 Å². The average molecular weight is 264 g/mol. The van der Waals surface area contributed by atoms with Crippen molar-refractivity contribution in [2.45, 2.75) is 46.2 Å². The van der Waals surface area contributed by atoms with Crippen LogP contribution in [-0.2, 0) is 11.3 Å². The number of likely N-dealkylation sites (tertiary alicyclic amines) is 1. The highest BCUT2D eigenvalue weighted by Gasteiger charge is 2.35. The second-order valence-corrected chi connectivity index (χ2v) is 5.02. The van der Waals surface area contributed by atoms with E-state index in [2.05, 4.69) is 4.57 Å². The number of carbonyl (C=O) groups excluding carboxylic acids is 1. The summed E-state index contributed by atoms with van der Waals surface area (Å²) < 4.78 is 2.07. The van der Waals surface area contributed by atoms with E-state index >= 15 is 0 Å². The molecular weight excluding hydrogens is 244 g/mol. The molecule has 0 aliphatic carbocycles. The monoisotopic (exact) mass is 264 g/mol. The van der Waals surface area contributed by atoms with Gasteiger partial charge in [-0.2, -0.15) is 0 Å². The number of aliphatic carboxylic acids is 1. The summed E-state index contributed by atoms with van der Waals surface area (Å²) in [6.45, 7) is 7.25. The molecule has 1 N–H and O–H groups in total. The minimum Gasteiger partial charge on any atom is -0.480 e. The Morgan fingerprint density at radius 2 is 2.11 bits per heavy atom. The van der Waals surface area contributed by atoms with Crippen molar-refractivity contribution in [2.24, 2.45) is 0 Å². The van der Waals surface area contributed by atoms with E-state index in [-0.39, 0.29) is 5.91 Å². The zero-order valence-electron chi connectivity index (χ0n) is 11.6. The normalized spacial score (nSPS) is 18.9. The fraction of sp³-hybridized carbons (Fsp3) is 0.571. The molecule has 1 amide bonds. The molecule has 0 saturated carbocycles. The van der Waals surface area contributed by atoms with Crippen molar-refractivity contribution in [2.75, 3.05) is 6.54 Å². The van der Waals surface area contributed by atoms with Gasteiger partial charge in [0.2, 0.25) is 0 Å². The molecule has 0 radical (unpaired) electrons. The molecule has 1 aromatic heterocycles. The number of nitrogens with zero attached hydrogens (tertiary/aromatic N) is 2. The van der Waals surface area contributed by atoms with Crippen LogP contribution in [0.25, 0.3) is 0 Å². The summed E-state index contributed by atoms with van der Waals surface area (Å²) in [6.07, 6.45) is 1.31. The van der Waals surface area contributed by atoms with Crippen LogP contribution >= 0.6 is 0 Å². The lowest BCUT2D eigenvalue weighted by atomic mass is 10.2. The molecule has 1 aliphatic heterocycles. The summed E-state index contributed by atoms with van der Waals surface area (Å²) in [4.78, 5) is 25.2. The lowest BCUT2D eigenvalue weighted by molar-refractivity contribution is -0.141. The third-order valence-corrected chi connectivity index (χ3v) is 3.92. The van der Waals surface area contributed by atoms with Crippen LogP contribution in [0.1, 0.15) is 41.5 Å². The van der Waals surface area contributed by atoms with Gasteiger partial charge >= 0.3 is 5.97 Å². The molecule has 2 heterocycles. The molecule has 0 aromatic carbocycles. The lowest BCUT2D eigenvalue weighted by Crippen LogP contribution is -2.40. The van der Waals surface area contributed by atoms with E-state index in [1.54, 1.807) is 0 Å². The quantitative estimate of drug-likeness (QED) is 0.905. The van der Waals surface area contributed by atoms with Gasteiger partial charge in [-0.25, -0.2) is 4.79 Å².